The monoisotopic (exact) mass is 341 g/mol. The predicted octanol–water partition coefficient (Wildman–Crippen LogP) is 2.01. The summed E-state index contributed by atoms with van der Waals surface area (Å²) in [6.45, 7) is 2.33. The van der Waals surface area contributed by atoms with Crippen LogP contribution in [0.25, 0.3) is 0 Å². The summed E-state index contributed by atoms with van der Waals surface area (Å²) in [6, 6.07) is 1.61. The van der Waals surface area contributed by atoms with Crippen molar-refractivity contribution < 1.29 is 17.2 Å². The minimum Gasteiger partial charge on any atom is -0.335 e. The average molecular weight is 341 g/mol. The highest BCUT2D eigenvalue weighted by Gasteiger charge is 2.24. The lowest BCUT2D eigenvalue weighted by Crippen LogP contribution is -2.33. The molecule has 0 radical (unpaired) electrons. The van der Waals surface area contributed by atoms with Crippen molar-refractivity contribution in [2.75, 3.05) is 6.54 Å². The summed E-state index contributed by atoms with van der Waals surface area (Å²) in [5.41, 5.74) is 0.0700. The van der Waals surface area contributed by atoms with Crippen molar-refractivity contribution in [2.45, 2.75) is 31.2 Å². The highest BCUT2D eigenvalue weighted by molar-refractivity contribution is 7.89. The third kappa shape index (κ3) is 3.28. The number of rotatable bonds is 4. The van der Waals surface area contributed by atoms with Gasteiger partial charge in [-0.15, -0.1) is 0 Å². The second kappa shape index (κ2) is 6.01. The number of aryl methyl sites for hydroxylation is 2. The van der Waals surface area contributed by atoms with Gasteiger partial charge in [0.15, 0.2) is 0 Å². The molecule has 0 amide bonds. The Balaban J connectivity index is 1.72. The Bertz CT molecular complexity index is 833. The maximum absolute atomic E-state index is 13.8. The number of fused-ring (bicyclic) bond motifs is 1. The first-order chi connectivity index (χ1) is 10.9. The van der Waals surface area contributed by atoms with Crippen LogP contribution >= 0.6 is 0 Å². The van der Waals surface area contributed by atoms with Crippen LogP contribution in [0.5, 0.6) is 0 Å². The van der Waals surface area contributed by atoms with Crippen molar-refractivity contribution in [3.63, 3.8) is 0 Å². The fourth-order valence-electron chi connectivity index (χ4n) is 2.73. The van der Waals surface area contributed by atoms with Crippen LogP contribution in [-0.2, 0) is 23.0 Å². The molecule has 0 bridgehead atoms. The van der Waals surface area contributed by atoms with Crippen molar-refractivity contribution in [3.8, 4) is 0 Å². The van der Waals surface area contributed by atoms with Crippen LogP contribution < -0.4 is 4.72 Å². The van der Waals surface area contributed by atoms with Crippen molar-refractivity contribution in [3.05, 3.63) is 47.5 Å². The number of nitrogens with one attached hydrogen (secondary N) is 1. The van der Waals surface area contributed by atoms with E-state index in [0.29, 0.717) is 6.42 Å². The van der Waals surface area contributed by atoms with E-state index in [9.17, 15) is 17.2 Å². The molecule has 2 heterocycles. The van der Waals surface area contributed by atoms with Crippen LogP contribution in [0.1, 0.15) is 17.8 Å². The molecule has 2 aromatic rings. The molecule has 8 heteroatoms. The third-order valence-electron chi connectivity index (χ3n) is 4.12. The first kappa shape index (κ1) is 16.1. The van der Waals surface area contributed by atoms with Gasteiger partial charge in [-0.25, -0.2) is 26.9 Å². The molecule has 1 aliphatic rings. The van der Waals surface area contributed by atoms with Gasteiger partial charge in [0.25, 0.3) is 0 Å². The van der Waals surface area contributed by atoms with Gasteiger partial charge in [0.05, 0.1) is 0 Å². The molecule has 1 aliphatic heterocycles. The Kier molecular flexibility index (Phi) is 4.20. The summed E-state index contributed by atoms with van der Waals surface area (Å²) in [7, 11) is -4.09. The molecule has 1 aromatic carbocycles. The summed E-state index contributed by atoms with van der Waals surface area (Å²) in [5, 5.41) is 0. The SMILES string of the molecule is Cc1cc(F)c(S(=O)(=O)NCC2CCn3ccnc3C2)cc1F. The van der Waals surface area contributed by atoms with E-state index >= 15 is 0 Å². The molecule has 0 fully saturated rings. The first-order valence-electron chi connectivity index (χ1n) is 7.32. The molecule has 1 aromatic heterocycles. The third-order valence-corrected chi connectivity index (χ3v) is 5.55. The summed E-state index contributed by atoms with van der Waals surface area (Å²) >= 11 is 0. The van der Waals surface area contributed by atoms with Crippen LogP contribution in [0, 0.1) is 24.5 Å². The minimum atomic E-state index is -4.09. The van der Waals surface area contributed by atoms with E-state index in [2.05, 4.69) is 9.71 Å². The van der Waals surface area contributed by atoms with Crippen LogP contribution in [0.3, 0.4) is 0 Å². The molecule has 0 spiro atoms. The van der Waals surface area contributed by atoms with Gasteiger partial charge in [0.2, 0.25) is 10.0 Å². The largest absolute Gasteiger partial charge is 0.335 e. The molecule has 1 N–H and O–H groups in total. The summed E-state index contributed by atoms with van der Waals surface area (Å²) in [6.07, 6.45) is 5.06. The van der Waals surface area contributed by atoms with Crippen molar-refractivity contribution in [2.24, 2.45) is 5.92 Å². The molecule has 1 unspecified atom stereocenters. The molecule has 23 heavy (non-hydrogen) atoms. The van der Waals surface area contributed by atoms with Gasteiger partial charge in [-0.1, -0.05) is 0 Å². The zero-order chi connectivity index (χ0) is 16.6. The molecule has 1 atom stereocenters. The number of hydrogen-bond acceptors (Lipinski definition) is 3. The molecule has 0 saturated carbocycles. The number of nitrogens with zero attached hydrogens (tertiary/aromatic N) is 2. The molecule has 5 nitrogen and oxygen atoms in total. The van der Waals surface area contributed by atoms with Crippen LogP contribution in [0.4, 0.5) is 8.78 Å². The summed E-state index contributed by atoms with van der Waals surface area (Å²) in [5.74, 6) is -0.701. The Hall–Kier alpha value is -1.80. The fourth-order valence-corrected chi connectivity index (χ4v) is 3.91. The maximum atomic E-state index is 13.8. The van der Waals surface area contributed by atoms with Gasteiger partial charge in [0.1, 0.15) is 22.4 Å². The molecular formula is C15H17F2N3O2S. The number of benzene rings is 1. The van der Waals surface area contributed by atoms with E-state index in [0.717, 1.165) is 30.9 Å². The average Bonchev–Trinajstić information content (AvgIpc) is 2.96. The van der Waals surface area contributed by atoms with E-state index in [1.54, 1.807) is 6.20 Å². The van der Waals surface area contributed by atoms with E-state index in [-0.39, 0.29) is 18.0 Å². The number of hydrogen-bond donors (Lipinski definition) is 1. The van der Waals surface area contributed by atoms with Crippen molar-refractivity contribution >= 4 is 10.0 Å². The van der Waals surface area contributed by atoms with E-state index in [4.69, 9.17) is 0 Å². The Morgan fingerprint density at radius 2 is 2.13 bits per heavy atom. The van der Waals surface area contributed by atoms with E-state index in [1.165, 1.54) is 6.92 Å². The number of halogens is 2. The Morgan fingerprint density at radius 3 is 2.91 bits per heavy atom. The summed E-state index contributed by atoms with van der Waals surface area (Å²) in [4.78, 5) is 3.57. The molecule has 3 rings (SSSR count). The molecular weight excluding hydrogens is 324 g/mol. The Morgan fingerprint density at radius 1 is 1.35 bits per heavy atom. The van der Waals surface area contributed by atoms with Crippen molar-refractivity contribution in [1.29, 1.82) is 0 Å². The van der Waals surface area contributed by atoms with Gasteiger partial charge in [-0.05, 0) is 37.0 Å². The maximum Gasteiger partial charge on any atom is 0.243 e. The van der Waals surface area contributed by atoms with Crippen LogP contribution in [-0.4, -0.2) is 24.5 Å². The Labute approximate surface area is 133 Å². The van der Waals surface area contributed by atoms with E-state index in [1.807, 2.05) is 10.8 Å². The second-order valence-electron chi connectivity index (χ2n) is 5.78. The minimum absolute atomic E-state index is 0.0700. The topological polar surface area (TPSA) is 64.0 Å². The smallest absolute Gasteiger partial charge is 0.243 e. The number of sulfonamides is 1. The lowest BCUT2D eigenvalue weighted by molar-refractivity contribution is 0.379. The lowest BCUT2D eigenvalue weighted by atomic mass is 9.98. The van der Waals surface area contributed by atoms with Gasteiger partial charge in [0, 0.05) is 31.9 Å². The van der Waals surface area contributed by atoms with Crippen LogP contribution in [0.15, 0.2) is 29.4 Å². The van der Waals surface area contributed by atoms with Gasteiger partial charge >= 0.3 is 0 Å². The van der Waals surface area contributed by atoms with Gasteiger partial charge in [-0.2, -0.15) is 0 Å². The predicted molar refractivity (Wildman–Crippen MR) is 80.3 cm³/mol. The highest BCUT2D eigenvalue weighted by atomic mass is 32.2. The van der Waals surface area contributed by atoms with Gasteiger partial charge in [-0.3, -0.25) is 0 Å². The molecule has 124 valence electrons. The lowest BCUT2D eigenvalue weighted by Gasteiger charge is -2.23. The number of aromatic nitrogens is 2. The fraction of sp³-hybridized carbons (Fsp3) is 0.400. The number of imidazole rings is 1. The highest BCUT2D eigenvalue weighted by Crippen LogP contribution is 2.21. The second-order valence-corrected chi connectivity index (χ2v) is 7.51. The van der Waals surface area contributed by atoms with E-state index < -0.39 is 26.6 Å². The molecule has 0 aliphatic carbocycles. The van der Waals surface area contributed by atoms with Crippen LogP contribution in [0.2, 0.25) is 0 Å². The molecule has 0 saturated heterocycles. The standard InChI is InChI=1S/C15H17F2N3O2S/c1-10-6-13(17)14(8-12(10)16)23(21,22)19-9-11-2-4-20-5-3-18-15(20)7-11/h3,5-6,8,11,19H,2,4,7,9H2,1H3. The van der Waals surface area contributed by atoms with Gasteiger partial charge < -0.3 is 4.57 Å². The normalized spacial score (nSPS) is 18.0. The van der Waals surface area contributed by atoms with Crippen molar-refractivity contribution in [1.82, 2.24) is 14.3 Å². The zero-order valence-electron chi connectivity index (χ0n) is 12.6. The first-order valence-corrected chi connectivity index (χ1v) is 8.80. The quantitative estimate of drug-likeness (QED) is 0.925. The zero-order valence-corrected chi connectivity index (χ0v) is 13.4. The summed E-state index contributed by atoms with van der Waals surface area (Å²) < 4.78 is 56.2.